The van der Waals surface area contributed by atoms with E-state index < -0.39 is 7.05 Å². The van der Waals surface area contributed by atoms with Gasteiger partial charge in [-0.1, -0.05) is 11.6 Å². The van der Waals surface area contributed by atoms with Crippen LogP contribution in [0.2, 0.25) is 12.0 Å². The molecule has 1 N–H and O–H groups in total. The van der Waals surface area contributed by atoms with Gasteiger partial charge in [-0.2, -0.15) is 5.26 Å². The van der Waals surface area contributed by atoms with Crippen molar-refractivity contribution >= 4 is 29.7 Å². The summed E-state index contributed by atoms with van der Waals surface area (Å²) in [5.74, 6) is 0. The van der Waals surface area contributed by atoms with Crippen molar-refractivity contribution in [3.63, 3.8) is 0 Å². The van der Waals surface area contributed by atoms with Gasteiger partial charge in [0.25, 0.3) is 0 Å². The van der Waals surface area contributed by atoms with E-state index >= 15 is 0 Å². The number of aromatic nitrogens is 2. The van der Waals surface area contributed by atoms with Gasteiger partial charge in [-0.25, -0.2) is 4.98 Å². The molecule has 1 saturated carbocycles. The van der Waals surface area contributed by atoms with Crippen LogP contribution in [0, 0.1) is 18.3 Å². The predicted molar refractivity (Wildman–Crippen MR) is 87.9 cm³/mol. The van der Waals surface area contributed by atoms with Gasteiger partial charge in [0.1, 0.15) is 16.9 Å². The number of fused-ring (bicyclic) bond motifs is 1. The van der Waals surface area contributed by atoms with Crippen molar-refractivity contribution in [2.75, 3.05) is 7.05 Å². The van der Waals surface area contributed by atoms with Gasteiger partial charge in [-0.3, -0.25) is 0 Å². The van der Waals surface area contributed by atoms with Crippen molar-refractivity contribution in [1.82, 2.24) is 14.4 Å². The van der Waals surface area contributed by atoms with E-state index in [1.54, 1.807) is 12.9 Å². The zero-order chi connectivity index (χ0) is 16.0. The molecule has 114 valence electrons. The van der Waals surface area contributed by atoms with Crippen LogP contribution in [0.25, 0.3) is 11.0 Å². The van der Waals surface area contributed by atoms with Gasteiger partial charge in [-0.05, 0) is 45.8 Å². The summed E-state index contributed by atoms with van der Waals surface area (Å²) in [6.45, 7) is 3.73. The summed E-state index contributed by atoms with van der Waals surface area (Å²) < 4.78 is 2.13. The van der Waals surface area contributed by atoms with Crippen LogP contribution >= 0.6 is 11.6 Å². The summed E-state index contributed by atoms with van der Waals surface area (Å²) in [5.41, 5.74) is 2.40. The van der Waals surface area contributed by atoms with Crippen LogP contribution in [0.15, 0.2) is 12.1 Å². The molecule has 2 aromatic rings. The summed E-state index contributed by atoms with van der Waals surface area (Å²) in [7, 11) is 1.48. The third kappa shape index (κ3) is 2.30. The Bertz CT molecular complexity index is 761. The topological polar surface area (TPSA) is 65.1 Å². The first-order chi connectivity index (χ1) is 10.4. The van der Waals surface area contributed by atoms with Gasteiger partial charge in [0.2, 0.25) is 0 Å². The van der Waals surface area contributed by atoms with Crippen molar-refractivity contribution in [3.05, 3.63) is 28.5 Å². The molecule has 0 aromatic carbocycles. The van der Waals surface area contributed by atoms with Gasteiger partial charge in [-0.15, -0.1) is 0 Å². The zero-order valence-electron chi connectivity index (χ0n) is 12.9. The van der Waals surface area contributed by atoms with E-state index in [9.17, 15) is 10.3 Å². The first-order valence-electron chi connectivity index (χ1n) is 7.41. The highest BCUT2D eigenvalue weighted by Crippen LogP contribution is 2.40. The fourth-order valence-corrected chi connectivity index (χ4v) is 3.42. The zero-order valence-corrected chi connectivity index (χ0v) is 13.7. The number of hydrogen-bond donors (Lipinski definition) is 1. The Morgan fingerprint density at radius 3 is 2.77 bits per heavy atom. The first-order valence-corrected chi connectivity index (χ1v) is 7.79. The summed E-state index contributed by atoms with van der Waals surface area (Å²) in [6, 6.07) is 6.51. The van der Waals surface area contributed by atoms with Crippen LogP contribution in [0.1, 0.15) is 30.1 Å². The molecule has 1 aliphatic carbocycles. The summed E-state index contributed by atoms with van der Waals surface area (Å²) in [6.07, 6.45) is 1.87. The standard InChI is InChI=1S/C15H18BClN4O/c1-9-13(8-18)12-4-5-14(17)19-15(12)21(9)11-6-10(7-11)20(3)16(2)22/h4-5,10-11,22H,6-7H2,1-3H3. The molecule has 22 heavy (non-hydrogen) atoms. The number of pyridine rings is 1. The molecule has 0 amide bonds. The summed E-state index contributed by atoms with van der Waals surface area (Å²) >= 11 is 6.03. The minimum absolute atomic E-state index is 0.293. The van der Waals surface area contributed by atoms with E-state index in [2.05, 4.69) is 15.6 Å². The van der Waals surface area contributed by atoms with E-state index in [0.29, 0.717) is 22.8 Å². The maximum atomic E-state index is 9.66. The summed E-state index contributed by atoms with van der Waals surface area (Å²) in [4.78, 5) is 6.40. The third-order valence-electron chi connectivity index (χ3n) is 4.79. The minimum atomic E-state index is -0.448. The molecule has 0 aliphatic heterocycles. The molecule has 2 aromatic heterocycles. The van der Waals surface area contributed by atoms with Crippen molar-refractivity contribution in [2.45, 2.75) is 38.7 Å². The van der Waals surface area contributed by atoms with E-state index in [1.807, 2.05) is 24.8 Å². The van der Waals surface area contributed by atoms with Crippen LogP contribution in [-0.2, 0) is 0 Å². The minimum Gasteiger partial charge on any atom is -0.437 e. The lowest BCUT2D eigenvalue weighted by molar-refractivity contribution is 0.156. The van der Waals surface area contributed by atoms with Crippen LogP contribution in [-0.4, -0.2) is 39.5 Å². The molecule has 1 aliphatic rings. The van der Waals surface area contributed by atoms with Crippen LogP contribution < -0.4 is 0 Å². The number of halogens is 1. The normalized spacial score (nSPS) is 21.0. The van der Waals surface area contributed by atoms with Gasteiger partial charge in [0, 0.05) is 23.2 Å². The second-order valence-corrected chi connectivity index (χ2v) is 6.41. The quantitative estimate of drug-likeness (QED) is 0.698. The number of hydrogen-bond acceptors (Lipinski definition) is 4. The molecule has 1 fully saturated rings. The number of rotatable bonds is 3. The Balaban J connectivity index is 1.97. The molecular weight excluding hydrogens is 298 g/mol. The maximum absolute atomic E-state index is 9.66. The summed E-state index contributed by atoms with van der Waals surface area (Å²) in [5, 5.41) is 20.4. The molecule has 0 radical (unpaired) electrons. The van der Waals surface area contributed by atoms with E-state index in [4.69, 9.17) is 11.6 Å². The molecule has 0 atom stereocenters. The van der Waals surface area contributed by atoms with Gasteiger partial charge in [0.05, 0.1) is 5.56 Å². The highest BCUT2D eigenvalue weighted by molar-refractivity contribution is 6.45. The molecule has 3 rings (SSSR count). The lowest BCUT2D eigenvalue weighted by Gasteiger charge is -2.43. The molecular formula is C15H18BClN4O. The van der Waals surface area contributed by atoms with Gasteiger partial charge >= 0.3 is 7.05 Å². The van der Waals surface area contributed by atoms with E-state index in [1.165, 1.54) is 0 Å². The average Bonchev–Trinajstić information content (AvgIpc) is 2.69. The number of nitrogens with zero attached hydrogens (tertiary/aromatic N) is 4. The van der Waals surface area contributed by atoms with Gasteiger partial charge in [0.15, 0.2) is 0 Å². The Hall–Kier alpha value is -1.55. The molecule has 0 unspecified atom stereocenters. The van der Waals surface area contributed by atoms with Crippen molar-refractivity contribution in [3.8, 4) is 6.07 Å². The molecule has 0 spiro atoms. The Labute approximate surface area is 135 Å². The van der Waals surface area contributed by atoms with E-state index in [0.717, 1.165) is 29.6 Å². The average molecular weight is 317 g/mol. The first kappa shape index (κ1) is 15.4. The third-order valence-corrected chi connectivity index (χ3v) is 5.00. The monoisotopic (exact) mass is 316 g/mol. The highest BCUT2D eigenvalue weighted by atomic mass is 35.5. The van der Waals surface area contributed by atoms with Crippen LogP contribution in [0.5, 0.6) is 0 Å². The Morgan fingerprint density at radius 2 is 2.18 bits per heavy atom. The van der Waals surface area contributed by atoms with Crippen molar-refractivity contribution < 1.29 is 5.02 Å². The smallest absolute Gasteiger partial charge is 0.376 e. The molecule has 0 bridgehead atoms. The lowest BCUT2D eigenvalue weighted by atomic mass is 9.76. The van der Waals surface area contributed by atoms with E-state index in [-0.39, 0.29) is 0 Å². The fourth-order valence-electron chi connectivity index (χ4n) is 3.27. The fraction of sp³-hybridized carbons (Fsp3) is 0.467. The molecule has 7 heteroatoms. The lowest BCUT2D eigenvalue weighted by Crippen LogP contribution is -2.49. The number of nitriles is 1. The highest BCUT2D eigenvalue weighted by Gasteiger charge is 2.37. The van der Waals surface area contributed by atoms with Crippen molar-refractivity contribution in [2.24, 2.45) is 0 Å². The SMILES string of the molecule is CB(O)N(C)C1CC(n2c(C)c(C#N)c3ccc(Cl)nc32)C1. The Kier molecular flexibility index (Phi) is 3.90. The van der Waals surface area contributed by atoms with Gasteiger partial charge < -0.3 is 14.4 Å². The van der Waals surface area contributed by atoms with Crippen LogP contribution in [0.4, 0.5) is 0 Å². The largest absolute Gasteiger partial charge is 0.437 e. The second kappa shape index (κ2) is 5.58. The predicted octanol–water partition coefficient (Wildman–Crippen LogP) is 2.62. The maximum Gasteiger partial charge on any atom is 0.376 e. The molecule has 0 saturated heterocycles. The molecule has 2 heterocycles. The van der Waals surface area contributed by atoms with Crippen LogP contribution in [0.3, 0.4) is 0 Å². The second-order valence-electron chi connectivity index (χ2n) is 6.02. The Morgan fingerprint density at radius 1 is 1.50 bits per heavy atom. The van der Waals surface area contributed by atoms with Crippen molar-refractivity contribution in [1.29, 1.82) is 5.26 Å². The molecule has 5 nitrogen and oxygen atoms in total.